The Hall–Kier alpha value is -1.62. The van der Waals surface area contributed by atoms with E-state index in [0.717, 1.165) is 5.57 Å². The van der Waals surface area contributed by atoms with Gasteiger partial charge in [-0.2, -0.15) is 0 Å². The predicted octanol–water partition coefficient (Wildman–Crippen LogP) is 2.14. The van der Waals surface area contributed by atoms with Gasteiger partial charge >= 0.3 is 11.9 Å². The van der Waals surface area contributed by atoms with Gasteiger partial charge in [0, 0.05) is 0 Å². The molecule has 0 radical (unpaired) electrons. The second-order valence-electron chi connectivity index (χ2n) is 4.75. The van der Waals surface area contributed by atoms with Crippen molar-refractivity contribution in [3.63, 3.8) is 0 Å². The summed E-state index contributed by atoms with van der Waals surface area (Å²) in [6, 6.07) is 0. The molecule has 1 rings (SSSR count). The minimum atomic E-state index is -1.01. The largest absolute Gasteiger partial charge is 0.481 e. The number of hydrogen-bond acceptors (Lipinski definition) is 4. The molecule has 3 atom stereocenters. The molecule has 5 nitrogen and oxygen atoms in total. The van der Waals surface area contributed by atoms with Gasteiger partial charge in [-0.05, 0) is 26.7 Å². The van der Waals surface area contributed by atoms with E-state index >= 15 is 0 Å². The molecule has 0 heterocycles. The van der Waals surface area contributed by atoms with Crippen molar-refractivity contribution in [3.8, 4) is 0 Å². The maximum Gasteiger partial charge on any atom is 0.312 e. The number of carbonyl (C=O) groups is 2. The first-order valence-electron chi connectivity index (χ1n) is 6.27. The zero-order valence-electron chi connectivity index (χ0n) is 11.3. The van der Waals surface area contributed by atoms with Crippen molar-refractivity contribution >= 4 is 11.9 Å². The average Bonchev–Trinajstić information content (AvgIpc) is 2.36. The Bertz CT molecular complexity index is 385. The highest BCUT2D eigenvalue weighted by atomic mass is 16.7. The van der Waals surface area contributed by atoms with Crippen LogP contribution in [0.15, 0.2) is 24.3 Å². The Balaban J connectivity index is 2.54. The molecular weight excluding hydrogens is 248 g/mol. The lowest BCUT2D eigenvalue weighted by Gasteiger charge is -2.24. The Labute approximate surface area is 112 Å². The van der Waals surface area contributed by atoms with Gasteiger partial charge in [0.25, 0.3) is 0 Å². The molecule has 0 saturated heterocycles. The molecule has 0 spiro atoms. The van der Waals surface area contributed by atoms with Crippen LogP contribution in [-0.4, -0.2) is 29.9 Å². The molecule has 0 saturated carbocycles. The lowest BCUT2D eigenvalue weighted by Crippen LogP contribution is -2.34. The van der Waals surface area contributed by atoms with E-state index in [1.807, 2.05) is 0 Å². The summed E-state index contributed by atoms with van der Waals surface area (Å²) in [5, 5.41) is 9.07. The molecule has 0 aromatic rings. The third-order valence-corrected chi connectivity index (χ3v) is 2.86. The number of carbonyl (C=O) groups excluding carboxylic acids is 1. The van der Waals surface area contributed by atoms with Crippen LogP contribution in [0.2, 0.25) is 0 Å². The van der Waals surface area contributed by atoms with Crippen LogP contribution in [0.5, 0.6) is 0 Å². The van der Waals surface area contributed by atoms with Crippen molar-refractivity contribution in [2.45, 2.75) is 33.0 Å². The zero-order valence-corrected chi connectivity index (χ0v) is 11.3. The maximum atomic E-state index is 11.9. The molecule has 1 N–H and O–H groups in total. The number of rotatable bonds is 6. The maximum absolute atomic E-state index is 11.9. The predicted molar refractivity (Wildman–Crippen MR) is 69.3 cm³/mol. The molecule has 3 unspecified atom stereocenters. The van der Waals surface area contributed by atoms with Crippen molar-refractivity contribution in [2.24, 2.45) is 11.8 Å². The lowest BCUT2D eigenvalue weighted by molar-refractivity contribution is -0.181. The van der Waals surface area contributed by atoms with Crippen LogP contribution < -0.4 is 0 Å². The van der Waals surface area contributed by atoms with E-state index in [4.69, 9.17) is 14.6 Å². The zero-order chi connectivity index (χ0) is 14.4. The normalized spacial score (nSPS) is 23.7. The summed E-state index contributed by atoms with van der Waals surface area (Å²) in [6.45, 7) is 7.40. The molecule has 0 aromatic carbocycles. The molecular formula is C14H20O5. The third kappa shape index (κ3) is 4.87. The van der Waals surface area contributed by atoms with Crippen LogP contribution in [0.4, 0.5) is 0 Å². The van der Waals surface area contributed by atoms with Gasteiger partial charge in [-0.3, -0.25) is 9.59 Å². The summed E-state index contributed by atoms with van der Waals surface area (Å²) in [5.41, 5.74) is 0.826. The van der Waals surface area contributed by atoms with Gasteiger partial charge in [0.15, 0.2) is 6.29 Å². The van der Waals surface area contributed by atoms with E-state index in [-0.39, 0.29) is 0 Å². The highest BCUT2D eigenvalue weighted by Gasteiger charge is 2.35. The standard InChI is InChI=1S/C14H20O5/c1-9(2)8-18-10(3)19-14(17)12-7-5-4-6-11(12)13(15)16/h4,6,10-12H,1,5,7-8H2,2-3H3,(H,15,16). The smallest absolute Gasteiger partial charge is 0.312 e. The Morgan fingerprint density at radius 1 is 1.53 bits per heavy atom. The molecule has 0 fully saturated rings. The second kappa shape index (κ2) is 7.09. The summed E-state index contributed by atoms with van der Waals surface area (Å²) in [5.74, 6) is -2.98. The SMILES string of the molecule is C=C(C)COC(C)OC(=O)C1CCC=CC1C(=O)O. The van der Waals surface area contributed by atoms with Gasteiger partial charge in [-0.1, -0.05) is 24.3 Å². The van der Waals surface area contributed by atoms with Gasteiger partial charge in [-0.15, -0.1) is 0 Å². The van der Waals surface area contributed by atoms with Crippen LogP contribution in [0, 0.1) is 11.8 Å². The van der Waals surface area contributed by atoms with Crippen molar-refractivity contribution in [1.82, 2.24) is 0 Å². The third-order valence-electron chi connectivity index (χ3n) is 2.86. The molecule has 1 aliphatic carbocycles. The summed E-state index contributed by atoms with van der Waals surface area (Å²) in [4.78, 5) is 23.0. The van der Waals surface area contributed by atoms with Crippen molar-refractivity contribution in [3.05, 3.63) is 24.3 Å². The van der Waals surface area contributed by atoms with Gasteiger partial charge in [0.05, 0.1) is 18.4 Å². The fourth-order valence-electron chi connectivity index (χ4n) is 1.90. The van der Waals surface area contributed by atoms with Crippen LogP contribution in [0.1, 0.15) is 26.7 Å². The molecule has 0 amide bonds. The summed E-state index contributed by atoms with van der Waals surface area (Å²) >= 11 is 0. The number of ether oxygens (including phenoxy) is 2. The first kappa shape index (κ1) is 15.4. The molecule has 19 heavy (non-hydrogen) atoms. The van der Waals surface area contributed by atoms with Crippen molar-refractivity contribution < 1.29 is 24.2 Å². The molecule has 1 aliphatic rings. The first-order valence-corrected chi connectivity index (χ1v) is 6.27. The van der Waals surface area contributed by atoms with E-state index in [0.29, 0.717) is 19.4 Å². The van der Waals surface area contributed by atoms with Gasteiger partial charge in [-0.25, -0.2) is 0 Å². The molecule has 0 aromatic heterocycles. The van der Waals surface area contributed by atoms with Crippen LogP contribution in [-0.2, 0) is 19.1 Å². The van der Waals surface area contributed by atoms with Gasteiger partial charge < -0.3 is 14.6 Å². The Morgan fingerprint density at radius 3 is 2.79 bits per heavy atom. The first-order chi connectivity index (χ1) is 8.91. The van der Waals surface area contributed by atoms with Crippen LogP contribution in [0.3, 0.4) is 0 Å². The number of aliphatic carboxylic acids is 1. The molecule has 0 aliphatic heterocycles. The number of esters is 1. The summed E-state index contributed by atoms with van der Waals surface area (Å²) in [6.07, 6.45) is 3.80. The highest BCUT2D eigenvalue weighted by molar-refractivity contribution is 5.82. The fraction of sp³-hybridized carbons (Fsp3) is 0.571. The van der Waals surface area contributed by atoms with Gasteiger partial charge in [0.1, 0.15) is 0 Å². The van der Waals surface area contributed by atoms with Crippen LogP contribution in [0.25, 0.3) is 0 Å². The monoisotopic (exact) mass is 268 g/mol. The van der Waals surface area contributed by atoms with E-state index in [2.05, 4.69) is 6.58 Å². The molecule has 106 valence electrons. The fourth-order valence-corrected chi connectivity index (χ4v) is 1.90. The van der Waals surface area contributed by atoms with E-state index in [1.54, 1.807) is 26.0 Å². The second-order valence-corrected chi connectivity index (χ2v) is 4.75. The van der Waals surface area contributed by atoms with Crippen LogP contribution >= 0.6 is 0 Å². The number of carboxylic acids is 1. The molecule has 0 bridgehead atoms. The van der Waals surface area contributed by atoms with Crippen molar-refractivity contribution in [1.29, 1.82) is 0 Å². The quantitative estimate of drug-likeness (QED) is 0.454. The van der Waals surface area contributed by atoms with Crippen molar-refractivity contribution in [2.75, 3.05) is 6.61 Å². The highest BCUT2D eigenvalue weighted by Crippen LogP contribution is 2.26. The van der Waals surface area contributed by atoms with E-state index in [1.165, 1.54) is 0 Å². The minimum Gasteiger partial charge on any atom is -0.481 e. The van der Waals surface area contributed by atoms with E-state index in [9.17, 15) is 9.59 Å². The minimum absolute atomic E-state index is 0.307. The number of allylic oxidation sites excluding steroid dienone is 1. The van der Waals surface area contributed by atoms with Gasteiger partial charge in [0.2, 0.25) is 0 Å². The Morgan fingerprint density at radius 2 is 2.21 bits per heavy atom. The number of hydrogen-bond donors (Lipinski definition) is 1. The lowest BCUT2D eigenvalue weighted by atomic mass is 9.84. The number of carboxylic acid groups (broad SMARTS) is 1. The topological polar surface area (TPSA) is 72.8 Å². The average molecular weight is 268 g/mol. The Kier molecular flexibility index (Phi) is 5.76. The summed E-state index contributed by atoms with van der Waals surface area (Å²) < 4.78 is 10.4. The summed E-state index contributed by atoms with van der Waals surface area (Å²) in [7, 11) is 0. The van der Waals surface area contributed by atoms with E-state index < -0.39 is 30.1 Å². The molecule has 5 heteroatoms.